The third-order valence-corrected chi connectivity index (χ3v) is 5.78. The van der Waals surface area contributed by atoms with Gasteiger partial charge in [-0.15, -0.1) is 10.2 Å². The highest BCUT2D eigenvalue weighted by Gasteiger charge is 2.28. The first-order valence-corrected chi connectivity index (χ1v) is 10.2. The van der Waals surface area contributed by atoms with Crippen LogP contribution in [0.2, 0.25) is 0 Å². The van der Waals surface area contributed by atoms with Gasteiger partial charge in [-0.2, -0.15) is 0 Å². The first-order valence-electron chi connectivity index (χ1n) is 10.2. The predicted octanol–water partition coefficient (Wildman–Crippen LogP) is 4.95. The van der Waals surface area contributed by atoms with Crippen LogP contribution in [0.1, 0.15) is 61.3 Å². The maximum atomic E-state index is 6.05. The van der Waals surface area contributed by atoms with E-state index >= 15 is 0 Å². The minimum Gasteiger partial charge on any atom is -0.474 e. The number of aromatic nitrogens is 4. The minimum absolute atomic E-state index is 0.231. The molecule has 3 aromatic rings. The average Bonchev–Trinajstić information content (AvgIpc) is 3.11. The second-order valence-electron chi connectivity index (χ2n) is 7.66. The third kappa shape index (κ3) is 3.79. The van der Waals surface area contributed by atoms with Gasteiger partial charge in [-0.3, -0.25) is 4.57 Å². The van der Waals surface area contributed by atoms with Crippen LogP contribution >= 0.6 is 0 Å². The highest BCUT2D eigenvalue weighted by atomic mass is 16.5. The molecule has 2 aromatic heterocycles. The van der Waals surface area contributed by atoms with Crippen LogP contribution in [0.15, 0.2) is 42.6 Å². The number of hydrogen-bond donors (Lipinski definition) is 0. The predicted molar refractivity (Wildman–Crippen MR) is 110 cm³/mol. The van der Waals surface area contributed by atoms with Gasteiger partial charge in [0.2, 0.25) is 5.88 Å². The van der Waals surface area contributed by atoms with Crippen LogP contribution in [0, 0.1) is 13.8 Å². The van der Waals surface area contributed by atoms with Gasteiger partial charge in [-0.25, -0.2) is 4.98 Å². The lowest BCUT2D eigenvalue weighted by molar-refractivity contribution is 0.139. The summed E-state index contributed by atoms with van der Waals surface area (Å²) in [6.07, 6.45) is 7.21. The van der Waals surface area contributed by atoms with Crippen molar-refractivity contribution in [3.05, 3.63) is 65.4 Å². The minimum atomic E-state index is 0.231. The van der Waals surface area contributed by atoms with Gasteiger partial charge in [-0.1, -0.05) is 19.1 Å². The van der Waals surface area contributed by atoms with Crippen molar-refractivity contribution < 1.29 is 4.74 Å². The van der Waals surface area contributed by atoms with Gasteiger partial charge in [-0.05, 0) is 75.3 Å². The standard InChI is InChI=1S/C23H28N4O/c1-4-18-8-11-20(15-16(18)2)27-17(3)25-26-23(27)19-9-12-21(13-10-19)28-22-7-5-6-14-24-22/h5-8,11,14-15,19,21H,4,9-10,12-13H2,1-3H3. The number of nitrogens with zero attached hydrogens (tertiary/aromatic N) is 4. The van der Waals surface area contributed by atoms with E-state index in [2.05, 4.69) is 51.8 Å². The summed E-state index contributed by atoms with van der Waals surface area (Å²) in [5.74, 6) is 3.16. The monoisotopic (exact) mass is 376 g/mol. The molecule has 1 fully saturated rings. The van der Waals surface area contributed by atoms with Crippen LogP contribution in [0.4, 0.5) is 0 Å². The zero-order chi connectivity index (χ0) is 19.5. The van der Waals surface area contributed by atoms with Crippen molar-refractivity contribution in [2.24, 2.45) is 0 Å². The van der Waals surface area contributed by atoms with Gasteiger partial charge in [0.05, 0.1) is 0 Å². The Labute approximate surface area is 166 Å². The van der Waals surface area contributed by atoms with Crippen molar-refractivity contribution in [1.29, 1.82) is 0 Å². The summed E-state index contributed by atoms with van der Waals surface area (Å²) in [6.45, 7) is 6.42. The molecule has 0 saturated heterocycles. The number of aryl methyl sites for hydroxylation is 3. The summed E-state index contributed by atoms with van der Waals surface area (Å²) in [5.41, 5.74) is 3.88. The van der Waals surface area contributed by atoms with Crippen molar-refractivity contribution in [1.82, 2.24) is 19.7 Å². The van der Waals surface area contributed by atoms with Crippen LogP contribution in [0.5, 0.6) is 5.88 Å². The number of hydrogen-bond acceptors (Lipinski definition) is 4. The zero-order valence-corrected chi connectivity index (χ0v) is 16.9. The SMILES string of the molecule is CCc1ccc(-n2c(C)nnc2C2CCC(Oc3ccccn3)CC2)cc1C. The average molecular weight is 377 g/mol. The molecule has 1 aliphatic rings. The summed E-state index contributed by atoms with van der Waals surface area (Å²) in [5, 5.41) is 8.96. The fourth-order valence-electron chi connectivity index (χ4n) is 4.20. The molecule has 5 nitrogen and oxygen atoms in total. The normalized spacial score (nSPS) is 19.5. The summed E-state index contributed by atoms with van der Waals surface area (Å²) >= 11 is 0. The van der Waals surface area contributed by atoms with Crippen molar-refractivity contribution in [2.75, 3.05) is 0 Å². The van der Waals surface area contributed by atoms with Crippen molar-refractivity contribution >= 4 is 0 Å². The number of benzene rings is 1. The summed E-state index contributed by atoms with van der Waals surface area (Å²) in [4.78, 5) is 4.28. The molecule has 146 valence electrons. The summed E-state index contributed by atoms with van der Waals surface area (Å²) in [7, 11) is 0. The van der Waals surface area contributed by atoms with Crippen LogP contribution in [-0.2, 0) is 6.42 Å². The fraction of sp³-hybridized carbons (Fsp3) is 0.435. The Bertz CT molecular complexity index is 927. The Morgan fingerprint density at radius 3 is 2.54 bits per heavy atom. The topological polar surface area (TPSA) is 52.8 Å². The van der Waals surface area contributed by atoms with E-state index in [1.54, 1.807) is 6.20 Å². The second-order valence-corrected chi connectivity index (χ2v) is 7.66. The van der Waals surface area contributed by atoms with Crippen LogP contribution in [-0.4, -0.2) is 25.9 Å². The van der Waals surface area contributed by atoms with E-state index < -0.39 is 0 Å². The molecule has 0 bridgehead atoms. The Morgan fingerprint density at radius 1 is 1.04 bits per heavy atom. The van der Waals surface area contributed by atoms with E-state index in [9.17, 15) is 0 Å². The van der Waals surface area contributed by atoms with Gasteiger partial charge in [0, 0.05) is 23.9 Å². The molecular formula is C23H28N4O. The number of rotatable bonds is 5. The van der Waals surface area contributed by atoms with E-state index in [1.807, 2.05) is 25.1 Å². The third-order valence-electron chi connectivity index (χ3n) is 5.78. The molecule has 0 amide bonds. The van der Waals surface area contributed by atoms with Crippen LogP contribution in [0.25, 0.3) is 5.69 Å². The van der Waals surface area contributed by atoms with E-state index in [-0.39, 0.29) is 6.10 Å². The molecule has 0 radical (unpaired) electrons. The first kappa shape index (κ1) is 18.7. The lowest BCUT2D eigenvalue weighted by atomic mass is 9.86. The highest BCUT2D eigenvalue weighted by molar-refractivity contribution is 5.42. The van der Waals surface area contributed by atoms with Crippen molar-refractivity contribution in [3.8, 4) is 11.6 Å². The summed E-state index contributed by atoms with van der Waals surface area (Å²) < 4.78 is 8.28. The molecule has 1 saturated carbocycles. The van der Waals surface area contributed by atoms with Crippen molar-refractivity contribution in [3.63, 3.8) is 0 Å². The molecule has 0 atom stereocenters. The smallest absolute Gasteiger partial charge is 0.213 e. The van der Waals surface area contributed by atoms with E-state index in [1.165, 1.54) is 16.8 Å². The van der Waals surface area contributed by atoms with Gasteiger partial charge in [0.25, 0.3) is 0 Å². The van der Waals surface area contributed by atoms with Crippen molar-refractivity contribution in [2.45, 2.75) is 64.9 Å². The molecular weight excluding hydrogens is 348 g/mol. The first-order chi connectivity index (χ1) is 13.7. The van der Waals surface area contributed by atoms with E-state index in [0.717, 1.165) is 49.6 Å². The molecule has 1 aliphatic carbocycles. The van der Waals surface area contributed by atoms with Gasteiger partial charge in [0.15, 0.2) is 0 Å². The van der Waals surface area contributed by atoms with Gasteiger partial charge < -0.3 is 4.74 Å². The molecule has 5 heteroatoms. The maximum Gasteiger partial charge on any atom is 0.213 e. The molecule has 4 rings (SSSR count). The fourth-order valence-corrected chi connectivity index (χ4v) is 4.20. The quantitative estimate of drug-likeness (QED) is 0.632. The Balaban J connectivity index is 1.50. The van der Waals surface area contributed by atoms with Crippen LogP contribution < -0.4 is 4.74 Å². The molecule has 28 heavy (non-hydrogen) atoms. The number of ether oxygens (including phenoxy) is 1. The zero-order valence-electron chi connectivity index (χ0n) is 16.9. The molecule has 0 unspecified atom stereocenters. The molecule has 0 aliphatic heterocycles. The van der Waals surface area contributed by atoms with E-state index in [4.69, 9.17) is 4.74 Å². The lowest BCUT2D eigenvalue weighted by Gasteiger charge is -2.28. The summed E-state index contributed by atoms with van der Waals surface area (Å²) in [6, 6.07) is 12.5. The van der Waals surface area contributed by atoms with Crippen LogP contribution in [0.3, 0.4) is 0 Å². The van der Waals surface area contributed by atoms with E-state index in [0.29, 0.717) is 5.92 Å². The molecule has 2 heterocycles. The molecule has 0 N–H and O–H groups in total. The Hall–Kier alpha value is -2.69. The molecule has 1 aromatic carbocycles. The highest BCUT2D eigenvalue weighted by Crippen LogP contribution is 2.35. The Kier molecular flexibility index (Phi) is 5.42. The largest absolute Gasteiger partial charge is 0.474 e. The number of pyridine rings is 1. The molecule has 0 spiro atoms. The van der Waals surface area contributed by atoms with Gasteiger partial charge in [0.1, 0.15) is 17.8 Å². The lowest BCUT2D eigenvalue weighted by Crippen LogP contribution is -2.25. The maximum absolute atomic E-state index is 6.05. The Morgan fingerprint density at radius 2 is 1.86 bits per heavy atom. The van der Waals surface area contributed by atoms with Gasteiger partial charge >= 0.3 is 0 Å². The second kappa shape index (κ2) is 8.13.